The number of nitrogens with zero attached hydrogens (tertiary/aromatic N) is 2. The number of piperidine rings is 1. The quantitative estimate of drug-likeness (QED) is 0.939. The van der Waals surface area contributed by atoms with Crippen LogP contribution < -0.4 is 0 Å². The van der Waals surface area contributed by atoms with Crippen molar-refractivity contribution in [2.75, 3.05) is 13.1 Å². The van der Waals surface area contributed by atoms with Gasteiger partial charge in [0.25, 0.3) is 5.91 Å². The molecular formula is C18H19ClN2O2. The molecule has 2 heterocycles. The molecule has 5 heteroatoms. The number of halogens is 1. The minimum Gasteiger partial charge on any atom is -0.388 e. The summed E-state index contributed by atoms with van der Waals surface area (Å²) in [6, 6.07) is 11.3. The molecule has 1 amide bonds. The van der Waals surface area contributed by atoms with Crippen molar-refractivity contribution in [3.05, 3.63) is 64.9 Å². The first-order valence-electron chi connectivity index (χ1n) is 7.78. The van der Waals surface area contributed by atoms with Gasteiger partial charge in [0, 0.05) is 25.5 Å². The summed E-state index contributed by atoms with van der Waals surface area (Å²) in [6.45, 7) is 1.26. The van der Waals surface area contributed by atoms with E-state index in [9.17, 15) is 9.90 Å². The lowest BCUT2D eigenvalue weighted by Crippen LogP contribution is -2.39. The van der Waals surface area contributed by atoms with Crippen LogP contribution in [0.25, 0.3) is 0 Å². The highest BCUT2D eigenvalue weighted by atomic mass is 35.5. The standard InChI is InChI=1S/C18H19ClN2O2/c19-16-12-20-9-6-15(16)18(23)21-10-7-14(8-11-21)17(22)13-4-2-1-3-5-13/h1-6,9,12,14,17,22H,7-8,10-11H2. The SMILES string of the molecule is O=C(c1ccncc1Cl)N1CCC(C(O)c2ccccc2)CC1. The van der Waals surface area contributed by atoms with Gasteiger partial charge in [-0.05, 0) is 30.4 Å². The third-order valence-corrected chi connectivity index (χ3v) is 4.72. The van der Waals surface area contributed by atoms with Crippen molar-refractivity contribution in [1.82, 2.24) is 9.88 Å². The third-order valence-electron chi connectivity index (χ3n) is 4.42. The lowest BCUT2D eigenvalue weighted by atomic mass is 9.87. The summed E-state index contributed by atoms with van der Waals surface area (Å²) < 4.78 is 0. The fourth-order valence-electron chi connectivity index (χ4n) is 3.06. The zero-order chi connectivity index (χ0) is 16.2. The second-order valence-corrected chi connectivity index (χ2v) is 6.25. The third kappa shape index (κ3) is 3.54. The minimum absolute atomic E-state index is 0.0648. The van der Waals surface area contributed by atoms with Crippen molar-refractivity contribution in [3.63, 3.8) is 0 Å². The van der Waals surface area contributed by atoms with Crippen molar-refractivity contribution >= 4 is 17.5 Å². The van der Waals surface area contributed by atoms with E-state index in [1.54, 1.807) is 17.2 Å². The molecule has 0 saturated carbocycles. The van der Waals surface area contributed by atoms with Gasteiger partial charge in [0.2, 0.25) is 0 Å². The van der Waals surface area contributed by atoms with Gasteiger partial charge in [0.05, 0.1) is 16.7 Å². The Morgan fingerprint density at radius 3 is 2.57 bits per heavy atom. The predicted molar refractivity (Wildman–Crippen MR) is 89.3 cm³/mol. The smallest absolute Gasteiger partial charge is 0.255 e. The van der Waals surface area contributed by atoms with Crippen LogP contribution in [0.15, 0.2) is 48.8 Å². The van der Waals surface area contributed by atoms with Crippen LogP contribution in [0.3, 0.4) is 0 Å². The first-order valence-corrected chi connectivity index (χ1v) is 8.16. The Labute approximate surface area is 140 Å². The number of benzene rings is 1. The molecule has 0 aliphatic carbocycles. The van der Waals surface area contributed by atoms with Crippen LogP contribution in [0.4, 0.5) is 0 Å². The van der Waals surface area contributed by atoms with Crippen LogP contribution in [0.2, 0.25) is 5.02 Å². The Balaban J connectivity index is 1.62. The first-order chi connectivity index (χ1) is 11.2. The molecule has 1 unspecified atom stereocenters. The number of carbonyl (C=O) groups excluding carboxylic acids is 1. The maximum atomic E-state index is 12.5. The first kappa shape index (κ1) is 16.0. The summed E-state index contributed by atoms with van der Waals surface area (Å²) in [5.41, 5.74) is 1.43. The summed E-state index contributed by atoms with van der Waals surface area (Å²) in [4.78, 5) is 18.2. The van der Waals surface area contributed by atoms with E-state index in [4.69, 9.17) is 11.6 Å². The highest BCUT2D eigenvalue weighted by Crippen LogP contribution is 2.31. The number of pyridine rings is 1. The summed E-state index contributed by atoms with van der Waals surface area (Å²) in [5, 5.41) is 10.9. The van der Waals surface area contributed by atoms with E-state index in [-0.39, 0.29) is 11.8 Å². The van der Waals surface area contributed by atoms with Gasteiger partial charge in [-0.2, -0.15) is 0 Å². The molecule has 0 radical (unpaired) electrons. The number of aliphatic hydroxyl groups excluding tert-OH is 1. The number of hydrogen-bond acceptors (Lipinski definition) is 3. The number of carbonyl (C=O) groups is 1. The van der Waals surface area contributed by atoms with Gasteiger partial charge in [-0.15, -0.1) is 0 Å². The van der Waals surface area contributed by atoms with Crippen molar-refractivity contribution in [2.45, 2.75) is 18.9 Å². The Kier molecular flexibility index (Phi) is 4.94. The largest absolute Gasteiger partial charge is 0.388 e. The molecule has 1 N–H and O–H groups in total. The number of aromatic nitrogens is 1. The second kappa shape index (κ2) is 7.11. The van der Waals surface area contributed by atoms with Crippen molar-refractivity contribution < 1.29 is 9.90 Å². The van der Waals surface area contributed by atoms with Gasteiger partial charge >= 0.3 is 0 Å². The summed E-state index contributed by atoms with van der Waals surface area (Å²) in [6.07, 6.45) is 4.15. The zero-order valence-corrected chi connectivity index (χ0v) is 13.5. The molecular weight excluding hydrogens is 312 g/mol. The average Bonchev–Trinajstić information content (AvgIpc) is 2.62. The molecule has 3 rings (SSSR count). The summed E-state index contributed by atoms with van der Waals surface area (Å²) in [7, 11) is 0. The van der Waals surface area contributed by atoms with Gasteiger partial charge in [-0.25, -0.2) is 0 Å². The van der Waals surface area contributed by atoms with Gasteiger partial charge in [-0.1, -0.05) is 41.9 Å². The minimum atomic E-state index is -0.474. The maximum Gasteiger partial charge on any atom is 0.255 e. The molecule has 1 aromatic heterocycles. The van der Waals surface area contributed by atoms with E-state index in [2.05, 4.69) is 4.98 Å². The van der Waals surface area contributed by atoms with Gasteiger partial charge in [-0.3, -0.25) is 9.78 Å². The second-order valence-electron chi connectivity index (χ2n) is 5.84. The topological polar surface area (TPSA) is 53.4 Å². The van der Waals surface area contributed by atoms with E-state index >= 15 is 0 Å². The Morgan fingerprint density at radius 2 is 1.91 bits per heavy atom. The highest BCUT2D eigenvalue weighted by molar-refractivity contribution is 6.33. The molecule has 1 aliphatic rings. The number of rotatable bonds is 3. The molecule has 1 saturated heterocycles. The lowest BCUT2D eigenvalue weighted by Gasteiger charge is -2.34. The van der Waals surface area contributed by atoms with Crippen LogP contribution in [0.1, 0.15) is 34.9 Å². The number of aliphatic hydroxyl groups is 1. The Morgan fingerprint density at radius 1 is 1.22 bits per heavy atom. The van der Waals surface area contributed by atoms with Crippen LogP contribution >= 0.6 is 11.6 Å². The monoisotopic (exact) mass is 330 g/mol. The van der Waals surface area contributed by atoms with Crippen LogP contribution in [0.5, 0.6) is 0 Å². The van der Waals surface area contributed by atoms with Gasteiger partial charge in [0.15, 0.2) is 0 Å². The van der Waals surface area contributed by atoms with E-state index in [1.165, 1.54) is 6.20 Å². The van der Waals surface area contributed by atoms with Crippen LogP contribution in [0, 0.1) is 5.92 Å². The number of amides is 1. The Bertz CT molecular complexity index is 670. The van der Waals surface area contributed by atoms with Crippen molar-refractivity contribution in [2.24, 2.45) is 5.92 Å². The van der Waals surface area contributed by atoms with E-state index in [0.717, 1.165) is 18.4 Å². The maximum absolute atomic E-state index is 12.5. The Hall–Kier alpha value is -1.91. The molecule has 0 bridgehead atoms. The normalized spacial score (nSPS) is 17.0. The molecule has 1 aliphatic heterocycles. The van der Waals surface area contributed by atoms with E-state index in [1.807, 2.05) is 30.3 Å². The molecule has 0 spiro atoms. The van der Waals surface area contributed by atoms with Gasteiger partial charge in [0.1, 0.15) is 0 Å². The van der Waals surface area contributed by atoms with Crippen molar-refractivity contribution in [1.29, 1.82) is 0 Å². The number of likely N-dealkylation sites (tertiary alicyclic amines) is 1. The molecule has 1 aromatic carbocycles. The molecule has 1 atom stereocenters. The highest BCUT2D eigenvalue weighted by Gasteiger charge is 2.29. The summed E-state index contributed by atoms with van der Waals surface area (Å²) >= 11 is 6.05. The van der Waals surface area contributed by atoms with E-state index < -0.39 is 6.10 Å². The van der Waals surface area contributed by atoms with Crippen LogP contribution in [-0.2, 0) is 0 Å². The fourth-order valence-corrected chi connectivity index (χ4v) is 3.26. The number of hydrogen-bond donors (Lipinski definition) is 1. The molecule has 23 heavy (non-hydrogen) atoms. The fraction of sp³-hybridized carbons (Fsp3) is 0.333. The van der Waals surface area contributed by atoms with E-state index in [0.29, 0.717) is 23.7 Å². The van der Waals surface area contributed by atoms with Crippen molar-refractivity contribution in [3.8, 4) is 0 Å². The summed E-state index contributed by atoms with van der Waals surface area (Å²) in [5.74, 6) is 0.111. The van der Waals surface area contributed by atoms with Gasteiger partial charge < -0.3 is 10.0 Å². The predicted octanol–water partition coefficient (Wildman–Crippen LogP) is 3.32. The molecule has 4 nitrogen and oxygen atoms in total. The molecule has 120 valence electrons. The lowest BCUT2D eigenvalue weighted by molar-refractivity contribution is 0.0462. The average molecular weight is 331 g/mol. The van der Waals surface area contributed by atoms with Crippen LogP contribution in [-0.4, -0.2) is 34.0 Å². The molecule has 1 fully saturated rings. The molecule has 2 aromatic rings. The zero-order valence-electron chi connectivity index (χ0n) is 12.7.